The lowest BCUT2D eigenvalue weighted by atomic mass is 9.81. The van der Waals surface area contributed by atoms with Gasteiger partial charge in [-0.3, -0.25) is 14.5 Å². The first-order chi connectivity index (χ1) is 13.6. The third-order valence-corrected chi connectivity index (χ3v) is 7.47. The van der Waals surface area contributed by atoms with Crippen LogP contribution in [-0.4, -0.2) is 55.5 Å². The number of likely N-dealkylation sites (tertiary alicyclic amines) is 1. The van der Waals surface area contributed by atoms with E-state index in [-0.39, 0.29) is 35.2 Å². The molecule has 0 spiro atoms. The van der Waals surface area contributed by atoms with E-state index in [1.54, 1.807) is 12.1 Å². The van der Waals surface area contributed by atoms with E-state index in [0.717, 1.165) is 22.0 Å². The summed E-state index contributed by atoms with van der Waals surface area (Å²) in [7, 11) is -0.727. The lowest BCUT2D eigenvalue weighted by Gasteiger charge is -2.21. The number of benzene rings is 1. The zero-order valence-corrected chi connectivity index (χ0v) is 17.6. The number of nitrogens with zero attached hydrogens (tertiary/aromatic N) is 2. The summed E-state index contributed by atoms with van der Waals surface area (Å²) in [5.41, 5.74) is 0.501. The summed E-state index contributed by atoms with van der Waals surface area (Å²) >= 11 is 0. The van der Waals surface area contributed by atoms with E-state index in [2.05, 4.69) is 0 Å². The molecular weight excluding hydrogens is 396 g/mol. The lowest BCUT2D eigenvalue weighted by molar-refractivity contribution is -0.159. The normalized spacial score (nSPS) is 23.2. The molecule has 9 heteroatoms. The van der Waals surface area contributed by atoms with Crippen molar-refractivity contribution in [2.24, 2.45) is 11.8 Å². The Morgan fingerprint density at radius 1 is 1.17 bits per heavy atom. The second-order valence-corrected chi connectivity index (χ2v) is 9.91. The number of imide groups is 1. The Kier molecular flexibility index (Phi) is 6.09. The van der Waals surface area contributed by atoms with Crippen LogP contribution in [0.5, 0.6) is 0 Å². The van der Waals surface area contributed by atoms with E-state index < -0.39 is 22.0 Å². The highest BCUT2D eigenvalue weighted by Gasteiger charge is 2.51. The minimum Gasteiger partial charge on any atom is -0.459 e. The smallest absolute Gasteiger partial charge is 0.329 e. The quantitative estimate of drug-likeness (QED) is 0.509. The van der Waals surface area contributed by atoms with Gasteiger partial charge in [0.25, 0.3) is 0 Å². The van der Waals surface area contributed by atoms with Crippen LogP contribution in [0, 0.1) is 11.8 Å². The number of sulfonamides is 1. The molecule has 158 valence electrons. The number of hydrogen-bond donors (Lipinski definition) is 0. The summed E-state index contributed by atoms with van der Waals surface area (Å²) in [5.74, 6) is -1.91. The van der Waals surface area contributed by atoms with Crippen LogP contribution in [0.15, 0.2) is 29.2 Å². The number of fused-ring (bicyclic) bond motifs is 1. The van der Waals surface area contributed by atoms with E-state index in [4.69, 9.17) is 4.74 Å². The first-order valence-electron chi connectivity index (χ1n) is 9.69. The van der Waals surface area contributed by atoms with Crippen LogP contribution in [0.4, 0.5) is 0 Å². The maximum absolute atomic E-state index is 12.6. The van der Waals surface area contributed by atoms with Gasteiger partial charge in [0.1, 0.15) is 12.6 Å². The Bertz CT molecular complexity index is 903. The number of carbonyl (C=O) groups is 3. The van der Waals surface area contributed by atoms with Gasteiger partial charge in [0.15, 0.2) is 0 Å². The molecule has 2 aliphatic rings. The Balaban J connectivity index is 1.67. The first kappa shape index (κ1) is 21.4. The highest BCUT2D eigenvalue weighted by molar-refractivity contribution is 7.89. The second kappa shape index (κ2) is 8.23. The number of hydrogen-bond acceptors (Lipinski definition) is 6. The molecule has 0 radical (unpaired) electrons. The molecule has 3 rings (SSSR count). The number of rotatable bonds is 6. The van der Waals surface area contributed by atoms with Crippen LogP contribution in [-0.2, 0) is 35.8 Å². The molecule has 1 aliphatic heterocycles. The fraction of sp³-hybridized carbons (Fsp3) is 0.550. The van der Waals surface area contributed by atoms with Gasteiger partial charge in [-0.2, -0.15) is 0 Å². The van der Waals surface area contributed by atoms with Gasteiger partial charge < -0.3 is 4.74 Å². The topological polar surface area (TPSA) is 101 Å². The number of carbonyl (C=O) groups excluding carboxylic acids is 3. The van der Waals surface area contributed by atoms with E-state index in [1.807, 2.05) is 0 Å². The third kappa shape index (κ3) is 4.06. The van der Waals surface area contributed by atoms with Crippen LogP contribution in [0.2, 0.25) is 0 Å². The fourth-order valence-corrected chi connectivity index (χ4v) is 4.93. The fourth-order valence-electron chi connectivity index (χ4n) is 3.96. The lowest BCUT2D eigenvalue weighted by Crippen LogP contribution is -2.44. The van der Waals surface area contributed by atoms with Crippen molar-refractivity contribution < 1.29 is 27.5 Å². The van der Waals surface area contributed by atoms with E-state index in [9.17, 15) is 22.8 Å². The van der Waals surface area contributed by atoms with Crippen molar-refractivity contribution >= 4 is 27.8 Å². The van der Waals surface area contributed by atoms with Gasteiger partial charge in [-0.15, -0.1) is 0 Å². The van der Waals surface area contributed by atoms with E-state index >= 15 is 0 Å². The molecular formula is C20H26N2O6S. The average Bonchev–Trinajstić information content (AvgIpc) is 2.96. The second-order valence-electron chi connectivity index (χ2n) is 7.76. The van der Waals surface area contributed by atoms with Crippen molar-refractivity contribution in [3.8, 4) is 0 Å². The van der Waals surface area contributed by atoms with Crippen LogP contribution in [0.25, 0.3) is 0 Å². The Hall–Kier alpha value is -2.26. The van der Waals surface area contributed by atoms with Crippen molar-refractivity contribution in [2.75, 3.05) is 14.1 Å². The average molecular weight is 423 g/mol. The SMILES string of the molecule is CC(C(=O)OCc1cccc(S(=O)(=O)N(C)C)c1)N1C(=O)C2CCCCC2C1=O. The van der Waals surface area contributed by atoms with Crippen LogP contribution in [0.3, 0.4) is 0 Å². The Labute approximate surface area is 170 Å². The predicted molar refractivity (Wildman–Crippen MR) is 104 cm³/mol. The van der Waals surface area contributed by atoms with E-state index in [1.165, 1.54) is 33.2 Å². The maximum atomic E-state index is 12.6. The van der Waals surface area contributed by atoms with Gasteiger partial charge in [0.05, 0.1) is 16.7 Å². The molecule has 1 aromatic carbocycles. The summed E-state index contributed by atoms with van der Waals surface area (Å²) in [5, 5.41) is 0. The van der Waals surface area contributed by atoms with Crippen molar-refractivity contribution in [3.63, 3.8) is 0 Å². The van der Waals surface area contributed by atoms with Gasteiger partial charge >= 0.3 is 5.97 Å². The van der Waals surface area contributed by atoms with Crippen molar-refractivity contribution in [1.82, 2.24) is 9.21 Å². The summed E-state index contributed by atoms with van der Waals surface area (Å²) in [6.45, 7) is 1.34. The third-order valence-electron chi connectivity index (χ3n) is 5.66. The molecule has 1 heterocycles. The van der Waals surface area contributed by atoms with Crippen molar-refractivity contribution in [1.29, 1.82) is 0 Å². The van der Waals surface area contributed by atoms with Crippen molar-refractivity contribution in [2.45, 2.75) is 50.2 Å². The van der Waals surface area contributed by atoms with Gasteiger partial charge in [-0.25, -0.2) is 17.5 Å². The van der Waals surface area contributed by atoms with Gasteiger partial charge in [0.2, 0.25) is 21.8 Å². The molecule has 29 heavy (non-hydrogen) atoms. The van der Waals surface area contributed by atoms with E-state index in [0.29, 0.717) is 18.4 Å². The molecule has 8 nitrogen and oxygen atoms in total. The zero-order valence-electron chi connectivity index (χ0n) is 16.8. The molecule has 2 amide bonds. The molecule has 1 aromatic rings. The molecule has 0 bridgehead atoms. The van der Waals surface area contributed by atoms with Crippen LogP contribution in [0.1, 0.15) is 38.2 Å². The Morgan fingerprint density at radius 3 is 2.31 bits per heavy atom. The maximum Gasteiger partial charge on any atom is 0.329 e. The Morgan fingerprint density at radius 2 is 1.76 bits per heavy atom. The number of amides is 2. The summed E-state index contributed by atoms with van der Waals surface area (Å²) in [4.78, 5) is 38.9. The molecule has 1 aliphatic carbocycles. The monoisotopic (exact) mass is 422 g/mol. The summed E-state index contributed by atoms with van der Waals surface area (Å²) in [6, 6.07) is 5.11. The van der Waals surface area contributed by atoms with Gasteiger partial charge in [-0.05, 0) is 37.5 Å². The molecule has 2 fully saturated rings. The summed E-state index contributed by atoms with van der Waals surface area (Å²) < 4.78 is 30.9. The highest BCUT2D eigenvalue weighted by Crippen LogP contribution is 2.38. The minimum absolute atomic E-state index is 0.0954. The molecule has 3 unspecified atom stereocenters. The number of esters is 1. The van der Waals surface area contributed by atoms with Gasteiger partial charge in [0, 0.05) is 14.1 Å². The molecule has 1 saturated heterocycles. The molecule has 1 saturated carbocycles. The predicted octanol–water partition coefficient (Wildman–Crippen LogP) is 1.54. The van der Waals surface area contributed by atoms with Crippen LogP contribution >= 0.6 is 0 Å². The van der Waals surface area contributed by atoms with Crippen LogP contribution < -0.4 is 0 Å². The van der Waals surface area contributed by atoms with Gasteiger partial charge in [-0.1, -0.05) is 25.0 Å². The molecule has 0 N–H and O–H groups in total. The largest absolute Gasteiger partial charge is 0.459 e. The zero-order chi connectivity index (χ0) is 21.3. The minimum atomic E-state index is -3.60. The molecule has 3 atom stereocenters. The summed E-state index contributed by atoms with van der Waals surface area (Å²) in [6.07, 6.45) is 3.19. The highest BCUT2D eigenvalue weighted by atomic mass is 32.2. The first-order valence-corrected chi connectivity index (χ1v) is 11.1. The number of ether oxygens (including phenoxy) is 1. The molecule has 0 aromatic heterocycles. The standard InChI is InChI=1S/C20H26N2O6S/c1-13(22-18(23)16-9-4-5-10-17(16)19(22)24)20(25)28-12-14-7-6-8-15(11-14)29(26,27)21(2)3/h6-8,11,13,16-17H,4-5,9-10,12H2,1-3H3. The van der Waals surface area contributed by atoms with Crippen molar-refractivity contribution in [3.05, 3.63) is 29.8 Å².